The highest BCUT2D eigenvalue weighted by molar-refractivity contribution is 5.73. The van der Waals surface area contributed by atoms with Crippen molar-refractivity contribution in [2.75, 3.05) is 27.7 Å². The molecule has 1 rings (SSSR count). The lowest BCUT2D eigenvalue weighted by atomic mass is 10.0. The summed E-state index contributed by atoms with van der Waals surface area (Å²) in [6.07, 6.45) is 0. The molecule has 21 heavy (non-hydrogen) atoms. The molecule has 0 unspecified atom stereocenters. The van der Waals surface area contributed by atoms with E-state index in [1.54, 1.807) is 30.1 Å². The molecule has 0 aliphatic carbocycles. The number of hydrogen-bond donors (Lipinski definition) is 2. The molecule has 0 aliphatic heterocycles. The SMILES string of the molecule is CC(C)[C@@H](CNC(=O)N(C)Cc1cccc(O)c1)N(C)C. The van der Waals surface area contributed by atoms with Crippen molar-refractivity contribution >= 4 is 6.03 Å². The summed E-state index contributed by atoms with van der Waals surface area (Å²) in [7, 11) is 5.79. The maximum absolute atomic E-state index is 12.1. The van der Waals surface area contributed by atoms with Crippen molar-refractivity contribution in [3.63, 3.8) is 0 Å². The second-order valence-corrected chi connectivity index (χ2v) is 5.99. The Morgan fingerprint density at radius 2 is 1.95 bits per heavy atom. The van der Waals surface area contributed by atoms with E-state index in [9.17, 15) is 9.90 Å². The maximum atomic E-state index is 12.1. The number of rotatable bonds is 6. The molecule has 0 bridgehead atoms. The summed E-state index contributed by atoms with van der Waals surface area (Å²) < 4.78 is 0. The number of carbonyl (C=O) groups excluding carboxylic acids is 1. The first kappa shape index (κ1) is 17.3. The third-order valence-electron chi connectivity index (χ3n) is 3.57. The van der Waals surface area contributed by atoms with Gasteiger partial charge in [0.2, 0.25) is 0 Å². The second-order valence-electron chi connectivity index (χ2n) is 5.99. The molecule has 0 aliphatic rings. The van der Waals surface area contributed by atoms with Crippen LogP contribution in [0.5, 0.6) is 5.75 Å². The summed E-state index contributed by atoms with van der Waals surface area (Å²) >= 11 is 0. The van der Waals surface area contributed by atoms with Crippen LogP contribution in [0.1, 0.15) is 19.4 Å². The first-order chi connectivity index (χ1) is 9.81. The largest absolute Gasteiger partial charge is 0.508 e. The van der Waals surface area contributed by atoms with Crippen molar-refractivity contribution in [1.82, 2.24) is 15.1 Å². The number of phenolic OH excluding ortho intramolecular Hbond substituents is 1. The molecule has 0 saturated carbocycles. The van der Waals surface area contributed by atoms with Gasteiger partial charge in [0.1, 0.15) is 5.75 Å². The third kappa shape index (κ3) is 5.63. The first-order valence-corrected chi connectivity index (χ1v) is 7.24. The fourth-order valence-electron chi connectivity index (χ4n) is 2.34. The number of amides is 2. The molecule has 2 amide bonds. The molecule has 118 valence electrons. The molecule has 0 aromatic heterocycles. The summed E-state index contributed by atoms with van der Waals surface area (Å²) in [5.41, 5.74) is 0.903. The summed E-state index contributed by atoms with van der Waals surface area (Å²) in [4.78, 5) is 15.9. The van der Waals surface area contributed by atoms with E-state index in [1.165, 1.54) is 0 Å². The molecule has 5 nitrogen and oxygen atoms in total. The molecular weight excluding hydrogens is 266 g/mol. The van der Waals surface area contributed by atoms with Gasteiger partial charge in [-0.2, -0.15) is 0 Å². The fourth-order valence-corrected chi connectivity index (χ4v) is 2.34. The van der Waals surface area contributed by atoms with Gasteiger partial charge >= 0.3 is 6.03 Å². The topological polar surface area (TPSA) is 55.8 Å². The van der Waals surface area contributed by atoms with Gasteiger partial charge in [-0.3, -0.25) is 0 Å². The zero-order valence-electron chi connectivity index (χ0n) is 13.6. The number of aromatic hydroxyl groups is 1. The van der Waals surface area contributed by atoms with Crippen LogP contribution in [0.4, 0.5) is 4.79 Å². The number of nitrogens with zero attached hydrogens (tertiary/aromatic N) is 2. The Kier molecular flexibility index (Phi) is 6.49. The lowest BCUT2D eigenvalue weighted by molar-refractivity contribution is 0.191. The lowest BCUT2D eigenvalue weighted by Crippen LogP contribution is -2.46. The number of hydrogen-bond acceptors (Lipinski definition) is 3. The van der Waals surface area contributed by atoms with E-state index in [0.717, 1.165) is 5.56 Å². The van der Waals surface area contributed by atoms with Crippen LogP contribution in [0.3, 0.4) is 0 Å². The minimum Gasteiger partial charge on any atom is -0.508 e. The van der Waals surface area contributed by atoms with Gasteiger partial charge in [-0.1, -0.05) is 26.0 Å². The number of likely N-dealkylation sites (N-methyl/N-ethyl adjacent to an activating group) is 1. The van der Waals surface area contributed by atoms with Crippen molar-refractivity contribution in [3.8, 4) is 5.75 Å². The molecule has 0 spiro atoms. The van der Waals surface area contributed by atoms with Crippen molar-refractivity contribution in [1.29, 1.82) is 0 Å². The minimum absolute atomic E-state index is 0.106. The molecular formula is C16H27N3O2. The van der Waals surface area contributed by atoms with Crippen LogP contribution < -0.4 is 5.32 Å². The van der Waals surface area contributed by atoms with Crippen molar-refractivity contribution in [2.24, 2.45) is 5.92 Å². The van der Waals surface area contributed by atoms with Crippen LogP contribution >= 0.6 is 0 Å². The zero-order valence-corrected chi connectivity index (χ0v) is 13.6. The fraction of sp³-hybridized carbons (Fsp3) is 0.562. The van der Waals surface area contributed by atoms with Crippen molar-refractivity contribution in [2.45, 2.75) is 26.4 Å². The monoisotopic (exact) mass is 293 g/mol. The number of urea groups is 1. The molecule has 0 heterocycles. The first-order valence-electron chi connectivity index (χ1n) is 7.24. The van der Waals surface area contributed by atoms with Crippen LogP contribution in [-0.4, -0.2) is 54.7 Å². The number of benzene rings is 1. The number of nitrogens with one attached hydrogen (secondary N) is 1. The average Bonchev–Trinajstić information content (AvgIpc) is 2.37. The Balaban J connectivity index is 2.51. The summed E-state index contributed by atoms with van der Waals surface area (Å²) in [5.74, 6) is 0.686. The van der Waals surface area contributed by atoms with E-state index in [-0.39, 0.29) is 11.8 Å². The van der Waals surface area contributed by atoms with Crippen LogP contribution in [0.15, 0.2) is 24.3 Å². The van der Waals surface area contributed by atoms with Gasteiger partial charge in [0.25, 0.3) is 0 Å². The molecule has 2 N–H and O–H groups in total. The highest BCUT2D eigenvalue weighted by Crippen LogP contribution is 2.12. The highest BCUT2D eigenvalue weighted by atomic mass is 16.3. The summed E-state index contributed by atoms with van der Waals surface area (Å²) in [5, 5.41) is 12.4. The Bertz CT molecular complexity index is 453. The Labute approximate surface area is 127 Å². The molecule has 0 radical (unpaired) electrons. The summed E-state index contributed by atoms with van der Waals surface area (Å²) in [6, 6.07) is 7.15. The van der Waals surface area contributed by atoms with Crippen LogP contribution in [0, 0.1) is 5.92 Å². The Hall–Kier alpha value is -1.75. The predicted molar refractivity (Wildman–Crippen MR) is 85.3 cm³/mol. The van der Waals surface area contributed by atoms with E-state index in [1.807, 2.05) is 20.2 Å². The summed E-state index contributed by atoms with van der Waals surface area (Å²) in [6.45, 7) is 5.38. The molecule has 5 heteroatoms. The maximum Gasteiger partial charge on any atom is 0.317 e. The van der Waals surface area contributed by atoms with Gasteiger partial charge in [0.15, 0.2) is 0 Å². The molecule has 0 saturated heterocycles. The second kappa shape index (κ2) is 7.88. The van der Waals surface area contributed by atoms with Crippen molar-refractivity contribution in [3.05, 3.63) is 29.8 Å². The van der Waals surface area contributed by atoms with Gasteiger partial charge in [0, 0.05) is 26.2 Å². The molecule has 1 aromatic rings. The smallest absolute Gasteiger partial charge is 0.317 e. The molecule has 1 aromatic carbocycles. The Morgan fingerprint density at radius 1 is 1.29 bits per heavy atom. The van der Waals surface area contributed by atoms with Gasteiger partial charge < -0.3 is 20.2 Å². The van der Waals surface area contributed by atoms with Crippen molar-refractivity contribution < 1.29 is 9.90 Å². The van der Waals surface area contributed by atoms with Crippen LogP contribution in [0.25, 0.3) is 0 Å². The van der Waals surface area contributed by atoms with Crippen LogP contribution in [-0.2, 0) is 6.54 Å². The minimum atomic E-state index is -0.106. The predicted octanol–water partition coefficient (Wildman–Crippen LogP) is 2.12. The van der Waals surface area contributed by atoms with Gasteiger partial charge in [-0.05, 0) is 37.7 Å². The zero-order chi connectivity index (χ0) is 16.0. The van der Waals surface area contributed by atoms with E-state index >= 15 is 0 Å². The van der Waals surface area contributed by atoms with Gasteiger partial charge in [0.05, 0.1) is 0 Å². The average molecular weight is 293 g/mol. The van der Waals surface area contributed by atoms with E-state index in [0.29, 0.717) is 25.0 Å². The number of carbonyl (C=O) groups is 1. The standard InChI is InChI=1S/C16H27N3O2/c1-12(2)15(18(3)4)10-17-16(21)19(5)11-13-7-6-8-14(20)9-13/h6-9,12,15,20H,10-11H2,1-5H3,(H,17,21)/t15-/m1/s1. The van der Waals surface area contributed by atoms with Gasteiger partial charge in [-0.15, -0.1) is 0 Å². The third-order valence-corrected chi connectivity index (χ3v) is 3.57. The normalized spacial score (nSPS) is 12.5. The quantitative estimate of drug-likeness (QED) is 0.844. The molecule has 1 atom stereocenters. The van der Waals surface area contributed by atoms with Gasteiger partial charge in [-0.25, -0.2) is 4.79 Å². The van der Waals surface area contributed by atoms with E-state index < -0.39 is 0 Å². The van der Waals surface area contributed by atoms with E-state index in [4.69, 9.17) is 0 Å². The number of phenols is 1. The van der Waals surface area contributed by atoms with Crippen LogP contribution in [0.2, 0.25) is 0 Å². The lowest BCUT2D eigenvalue weighted by Gasteiger charge is -2.29. The highest BCUT2D eigenvalue weighted by Gasteiger charge is 2.17. The molecule has 0 fully saturated rings. The Morgan fingerprint density at radius 3 is 2.48 bits per heavy atom. The van der Waals surface area contributed by atoms with E-state index in [2.05, 4.69) is 24.1 Å².